The van der Waals surface area contributed by atoms with Gasteiger partial charge in [0.05, 0.1) is 7.11 Å². The summed E-state index contributed by atoms with van der Waals surface area (Å²) >= 11 is 0. The number of esters is 1. The first-order valence-electron chi connectivity index (χ1n) is 9.14. The number of anilines is 1. The van der Waals surface area contributed by atoms with Gasteiger partial charge in [0.25, 0.3) is 5.91 Å². The van der Waals surface area contributed by atoms with Crippen molar-refractivity contribution in [2.45, 2.75) is 25.9 Å². The standard InChI is InChI=1S/C22H23NO5/c1-15(22(26)23-13-5-7-17-6-3-4-8-18(17)23)28-21(25)12-10-16-9-11-19(24)20(14-16)27-2/h3-4,6,8-12,14-15,24H,5,7,13H2,1-2H3/b12-10+. The molecule has 1 heterocycles. The summed E-state index contributed by atoms with van der Waals surface area (Å²) in [6.45, 7) is 2.19. The molecule has 0 fully saturated rings. The van der Waals surface area contributed by atoms with Gasteiger partial charge < -0.3 is 19.5 Å². The molecule has 0 radical (unpaired) electrons. The van der Waals surface area contributed by atoms with Gasteiger partial charge in [0, 0.05) is 18.3 Å². The first kappa shape index (κ1) is 19.5. The van der Waals surface area contributed by atoms with Gasteiger partial charge >= 0.3 is 5.97 Å². The van der Waals surface area contributed by atoms with Crippen LogP contribution in [0.15, 0.2) is 48.5 Å². The van der Waals surface area contributed by atoms with E-state index < -0.39 is 12.1 Å². The highest BCUT2D eigenvalue weighted by atomic mass is 16.5. The number of nitrogens with zero attached hydrogens (tertiary/aromatic N) is 1. The van der Waals surface area contributed by atoms with Crippen molar-refractivity contribution in [2.24, 2.45) is 0 Å². The van der Waals surface area contributed by atoms with E-state index >= 15 is 0 Å². The predicted octanol–water partition coefficient (Wildman–Crippen LogP) is 3.33. The van der Waals surface area contributed by atoms with Gasteiger partial charge in [0.1, 0.15) is 0 Å². The lowest BCUT2D eigenvalue weighted by atomic mass is 10.0. The zero-order chi connectivity index (χ0) is 20.1. The van der Waals surface area contributed by atoms with E-state index in [0.717, 1.165) is 24.1 Å². The van der Waals surface area contributed by atoms with Crippen LogP contribution in [-0.2, 0) is 20.7 Å². The molecule has 0 spiro atoms. The second-order valence-electron chi connectivity index (χ2n) is 6.57. The van der Waals surface area contributed by atoms with E-state index in [-0.39, 0.29) is 11.7 Å². The van der Waals surface area contributed by atoms with E-state index in [4.69, 9.17) is 9.47 Å². The molecule has 1 unspecified atom stereocenters. The highest BCUT2D eigenvalue weighted by molar-refractivity contribution is 5.99. The molecule has 0 saturated carbocycles. The van der Waals surface area contributed by atoms with Gasteiger partial charge in [-0.1, -0.05) is 24.3 Å². The second kappa shape index (κ2) is 8.61. The fourth-order valence-corrected chi connectivity index (χ4v) is 3.21. The Hall–Kier alpha value is -3.28. The molecule has 1 atom stereocenters. The minimum atomic E-state index is -0.891. The third-order valence-corrected chi connectivity index (χ3v) is 4.63. The number of phenolic OH excluding ortho intramolecular Hbond substituents is 1. The number of ether oxygens (including phenoxy) is 2. The van der Waals surface area contributed by atoms with Crippen molar-refractivity contribution in [3.8, 4) is 11.5 Å². The van der Waals surface area contributed by atoms with Gasteiger partial charge in [-0.3, -0.25) is 4.79 Å². The van der Waals surface area contributed by atoms with Crippen LogP contribution in [0.4, 0.5) is 5.69 Å². The molecule has 1 amide bonds. The van der Waals surface area contributed by atoms with E-state index in [1.807, 2.05) is 24.3 Å². The van der Waals surface area contributed by atoms with Gasteiger partial charge in [-0.15, -0.1) is 0 Å². The van der Waals surface area contributed by atoms with Crippen molar-refractivity contribution in [1.29, 1.82) is 0 Å². The van der Waals surface area contributed by atoms with Crippen LogP contribution in [0.25, 0.3) is 6.08 Å². The molecule has 146 valence electrons. The molecule has 28 heavy (non-hydrogen) atoms. The van der Waals surface area contributed by atoms with Crippen molar-refractivity contribution >= 4 is 23.6 Å². The molecule has 2 aromatic rings. The monoisotopic (exact) mass is 381 g/mol. The zero-order valence-electron chi connectivity index (χ0n) is 15.9. The van der Waals surface area contributed by atoms with Crippen LogP contribution in [0.1, 0.15) is 24.5 Å². The molecular formula is C22H23NO5. The average Bonchev–Trinajstić information content (AvgIpc) is 2.72. The molecule has 1 aliphatic heterocycles. The summed E-state index contributed by atoms with van der Waals surface area (Å²) in [5.41, 5.74) is 2.67. The van der Waals surface area contributed by atoms with E-state index in [1.54, 1.807) is 24.0 Å². The number of rotatable bonds is 5. The number of amides is 1. The molecule has 0 saturated heterocycles. The van der Waals surface area contributed by atoms with Crippen LogP contribution in [0.5, 0.6) is 11.5 Å². The lowest BCUT2D eigenvalue weighted by Gasteiger charge is -2.31. The number of hydrogen-bond acceptors (Lipinski definition) is 5. The Morgan fingerprint density at radius 3 is 2.79 bits per heavy atom. The SMILES string of the molecule is COc1cc(/C=C/C(=O)OC(C)C(=O)N2CCCc3ccccc32)ccc1O. The maximum absolute atomic E-state index is 12.8. The Morgan fingerprint density at radius 1 is 1.21 bits per heavy atom. The summed E-state index contributed by atoms with van der Waals surface area (Å²) in [6, 6.07) is 12.5. The quantitative estimate of drug-likeness (QED) is 0.635. The lowest BCUT2D eigenvalue weighted by molar-refractivity contribution is -0.149. The van der Waals surface area contributed by atoms with E-state index in [1.165, 1.54) is 25.3 Å². The normalized spacial score (nSPS) is 14.4. The number of aryl methyl sites for hydroxylation is 1. The van der Waals surface area contributed by atoms with Crippen LogP contribution in [0.3, 0.4) is 0 Å². The van der Waals surface area contributed by atoms with Crippen LogP contribution < -0.4 is 9.64 Å². The number of para-hydroxylation sites is 1. The number of aromatic hydroxyl groups is 1. The number of fused-ring (bicyclic) bond motifs is 1. The van der Waals surface area contributed by atoms with E-state index in [0.29, 0.717) is 17.9 Å². The van der Waals surface area contributed by atoms with Crippen molar-refractivity contribution in [3.63, 3.8) is 0 Å². The second-order valence-corrected chi connectivity index (χ2v) is 6.57. The fraction of sp³-hybridized carbons (Fsp3) is 0.273. The number of carbonyl (C=O) groups is 2. The first-order chi connectivity index (χ1) is 13.5. The van der Waals surface area contributed by atoms with Crippen molar-refractivity contribution in [3.05, 3.63) is 59.7 Å². The molecule has 0 bridgehead atoms. The molecule has 1 aliphatic rings. The largest absolute Gasteiger partial charge is 0.504 e. The van der Waals surface area contributed by atoms with E-state index in [9.17, 15) is 14.7 Å². The number of benzene rings is 2. The highest BCUT2D eigenvalue weighted by Crippen LogP contribution is 2.28. The van der Waals surface area contributed by atoms with Crippen LogP contribution >= 0.6 is 0 Å². The summed E-state index contributed by atoms with van der Waals surface area (Å²) in [4.78, 5) is 26.6. The minimum Gasteiger partial charge on any atom is -0.504 e. The summed E-state index contributed by atoms with van der Waals surface area (Å²) in [6.07, 6.45) is 3.72. The van der Waals surface area contributed by atoms with Gasteiger partial charge in [-0.05, 0) is 55.2 Å². The number of carbonyl (C=O) groups excluding carboxylic acids is 2. The zero-order valence-corrected chi connectivity index (χ0v) is 15.9. The molecular weight excluding hydrogens is 358 g/mol. The summed E-state index contributed by atoms with van der Waals surface area (Å²) in [7, 11) is 1.45. The molecule has 3 rings (SSSR count). The molecule has 6 heteroatoms. The smallest absolute Gasteiger partial charge is 0.331 e. The minimum absolute atomic E-state index is 0.0169. The molecule has 2 aromatic carbocycles. The Morgan fingerprint density at radius 2 is 2.00 bits per heavy atom. The maximum Gasteiger partial charge on any atom is 0.331 e. The summed E-state index contributed by atoms with van der Waals surface area (Å²) in [5.74, 6) is -0.524. The first-order valence-corrected chi connectivity index (χ1v) is 9.14. The fourth-order valence-electron chi connectivity index (χ4n) is 3.21. The van der Waals surface area contributed by atoms with Gasteiger partial charge in [0.15, 0.2) is 17.6 Å². The summed E-state index contributed by atoms with van der Waals surface area (Å²) in [5, 5.41) is 9.60. The number of methoxy groups -OCH3 is 1. The maximum atomic E-state index is 12.8. The van der Waals surface area contributed by atoms with Crippen molar-refractivity contribution in [1.82, 2.24) is 0 Å². The number of hydrogen-bond donors (Lipinski definition) is 1. The summed E-state index contributed by atoms with van der Waals surface area (Å²) < 4.78 is 10.3. The predicted molar refractivity (Wildman–Crippen MR) is 106 cm³/mol. The number of phenols is 1. The molecule has 0 aliphatic carbocycles. The Balaban J connectivity index is 1.64. The third kappa shape index (κ3) is 4.34. The van der Waals surface area contributed by atoms with Crippen LogP contribution in [0.2, 0.25) is 0 Å². The lowest BCUT2D eigenvalue weighted by Crippen LogP contribution is -2.42. The Bertz CT molecular complexity index is 906. The third-order valence-electron chi connectivity index (χ3n) is 4.63. The Kier molecular flexibility index (Phi) is 5.99. The highest BCUT2D eigenvalue weighted by Gasteiger charge is 2.27. The van der Waals surface area contributed by atoms with Gasteiger partial charge in [-0.25, -0.2) is 4.79 Å². The van der Waals surface area contributed by atoms with Gasteiger partial charge in [-0.2, -0.15) is 0 Å². The van der Waals surface area contributed by atoms with Crippen LogP contribution in [0, 0.1) is 0 Å². The topological polar surface area (TPSA) is 76.1 Å². The van der Waals surface area contributed by atoms with Gasteiger partial charge in [0.2, 0.25) is 0 Å². The van der Waals surface area contributed by atoms with Crippen LogP contribution in [-0.4, -0.2) is 36.7 Å². The Labute approximate surface area is 164 Å². The molecule has 6 nitrogen and oxygen atoms in total. The van der Waals surface area contributed by atoms with Crippen molar-refractivity contribution in [2.75, 3.05) is 18.6 Å². The van der Waals surface area contributed by atoms with Crippen molar-refractivity contribution < 1.29 is 24.2 Å². The molecule has 0 aromatic heterocycles. The van der Waals surface area contributed by atoms with E-state index in [2.05, 4.69) is 0 Å². The average molecular weight is 381 g/mol. The molecule has 1 N–H and O–H groups in total.